The summed E-state index contributed by atoms with van der Waals surface area (Å²) in [6.07, 6.45) is 1.64. The van der Waals surface area contributed by atoms with Crippen LogP contribution >= 0.6 is 27.5 Å². The highest BCUT2D eigenvalue weighted by Crippen LogP contribution is 2.29. The lowest BCUT2D eigenvalue weighted by molar-refractivity contribution is 0.582. The molecule has 0 aliphatic carbocycles. The van der Waals surface area contributed by atoms with E-state index >= 15 is 0 Å². The average Bonchev–Trinajstić information content (AvgIpc) is 2.99. The molecule has 0 amide bonds. The second-order valence-electron chi connectivity index (χ2n) is 3.86. The highest BCUT2D eigenvalue weighted by Gasteiger charge is 2.12. The normalized spacial score (nSPS) is 10.8. The summed E-state index contributed by atoms with van der Waals surface area (Å²) >= 11 is 4.80. The third kappa shape index (κ3) is 2.11. The molecule has 0 atom stereocenters. The number of nitrogens with zero attached hydrogens (tertiary/aromatic N) is 2. The molecule has 0 saturated heterocycles. The minimum absolute atomic E-state index is 0.747. The number of halogens is 1. The zero-order valence-electron chi connectivity index (χ0n) is 9.55. The van der Waals surface area contributed by atoms with Gasteiger partial charge in [0, 0.05) is 10.0 Å². The first-order chi connectivity index (χ1) is 8.74. The molecule has 1 aromatic carbocycles. The minimum atomic E-state index is 0.747. The predicted molar refractivity (Wildman–Crippen MR) is 75.5 cm³/mol. The summed E-state index contributed by atoms with van der Waals surface area (Å²) in [5.74, 6) is 1.50. The van der Waals surface area contributed by atoms with E-state index in [1.54, 1.807) is 6.26 Å². The van der Waals surface area contributed by atoms with Crippen LogP contribution in [-0.2, 0) is 0 Å². The molecule has 0 radical (unpaired) electrons. The molecule has 0 aliphatic rings. The van der Waals surface area contributed by atoms with Crippen molar-refractivity contribution in [3.8, 4) is 22.2 Å². The Kier molecular flexibility index (Phi) is 3.01. The molecule has 0 unspecified atom stereocenters. The first-order valence-electron chi connectivity index (χ1n) is 5.38. The Balaban J connectivity index is 2.03. The molecule has 0 saturated carbocycles. The van der Waals surface area contributed by atoms with Crippen LogP contribution in [-0.4, -0.2) is 9.36 Å². The lowest BCUT2D eigenvalue weighted by Crippen LogP contribution is -1.85. The number of aryl methyl sites for hydroxylation is 1. The first kappa shape index (κ1) is 11.6. The maximum absolute atomic E-state index is 5.32. The molecule has 2 heterocycles. The maximum Gasteiger partial charge on any atom is 0.179 e. The fraction of sp³-hybridized carbons (Fsp3) is 0.0769. The average molecular weight is 321 g/mol. The van der Waals surface area contributed by atoms with Crippen molar-refractivity contribution in [2.75, 3.05) is 0 Å². The summed E-state index contributed by atoms with van der Waals surface area (Å²) in [5, 5.41) is 0.803. The first-order valence-corrected chi connectivity index (χ1v) is 6.95. The third-order valence-corrected chi connectivity index (χ3v) is 3.81. The van der Waals surface area contributed by atoms with Crippen molar-refractivity contribution in [3.05, 3.63) is 46.6 Å². The van der Waals surface area contributed by atoms with Crippen LogP contribution in [0.25, 0.3) is 22.2 Å². The van der Waals surface area contributed by atoms with Crippen molar-refractivity contribution >= 4 is 27.5 Å². The smallest absolute Gasteiger partial charge is 0.179 e. The van der Waals surface area contributed by atoms with Gasteiger partial charge in [-0.25, -0.2) is 4.98 Å². The van der Waals surface area contributed by atoms with Gasteiger partial charge >= 0.3 is 0 Å². The summed E-state index contributed by atoms with van der Waals surface area (Å²) in [7, 11) is 0. The van der Waals surface area contributed by atoms with Gasteiger partial charge in [-0.15, -0.1) is 0 Å². The molecule has 0 bridgehead atoms. The SMILES string of the molecule is Cc1cc(Br)ccc1-c1nsc(-c2ccco2)n1. The van der Waals surface area contributed by atoms with Gasteiger partial charge in [-0.2, -0.15) is 4.37 Å². The van der Waals surface area contributed by atoms with Gasteiger partial charge in [0.05, 0.1) is 6.26 Å². The third-order valence-electron chi connectivity index (χ3n) is 2.59. The summed E-state index contributed by atoms with van der Waals surface area (Å²) in [6.45, 7) is 2.05. The van der Waals surface area contributed by atoms with Gasteiger partial charge in [-0.05, 0) is 54.4 Å². The Hall–Kier alpha value is -1.46. The lowest BCUT2D eigenvalue weighted by Gasteiger charge is -2.01. The van der Waals surface area contributed by atoms with E-state index in [9.17, 15) is 0 Å². The quantitative estimate of drug-likeness (QED) is 0.696. The van der Waals surface area contributed by atoms with Gasteiger partial charge in [0.2, 0.25) is 0 Å². The van der Waals surface area contributed by atoms with Gasteiger partial charge in [-0.3, -0.25) is 0 Å². The van der Waals surface area contributed by atoms with Crippen LogP contribution in [0, 0.1) is 6.92 Å². The topological polar surface area (TPSA) is 38.9 Å². The van der Waals surface area contributed by atoms with E-state index in [1.807, 2.05) is 31.2 Å². The number of furan rings is 1. The lowest BCUT2D eigenvalue weighted by atomic mass is 10.1. The Bertz CT molecular complexity index is 676. The van der Waals surface area contributed by atoms with E-state index in [2.05, 4.69) is 31.4 Å². The fourth-order valence-corrected chi connectivity index (χ4v) is 2.83. The molecule has 90 valence electrons. The molecule has 3 aromatic rings. The highest BCUT2D eigenvalue weighted by molar-refractivity contribution is 9.10. The number of aromatic nitrogens is 2. The van der Waals surface area contributed by atoms with Crippen LogP contribution in [0.2, 0.25) is 0 Å². The molecule has 0 aliphatic heterocycles. The Morgan fingerprint density at radius 1 is 1.28 bits per heavy atom. The van der Waals surface area contributed by atoms with Crippen molar-refractivity contribution < 1.29 is 4.42 Å². The fourth-order valence-electron chi connectivity index (χ4n) is 1.71. The van der Waals surface area contributed by atoms with Crippen molar-refractivity contribution in [3.63, 3.8) is 0 Å². The maximum atomic E-state index is 5.32. The number of hydrogen-bond donors (Lipinski definition) is 0. The summed E-state index contributed by atoms with van der Waals surface area (Å²) in [6, 6.07) is 9.81. The molecule has 3 nitrogen and oxygen atoms in total. The summed E-state index contributed by atoms with van der Waals surface area (Å²) in [5.41, 5.74) is 2.19. The van der Waals surface area contributed by atoms with Gasteiger partial charge < -0.3 is 4.42 Å². The van der Waals surface area contributed by atoms with Gasteiger partial charge in [0.25, 0.3) is 0 Å². The van der Waals surface area contributed by atoms with Crippen LogP contribution in [0.4, 0.5) is 0 Å². The van der Waals surface area contributed by atoms with E-state index in [0.717, 1.165) is 32.2 Å². The number of hydrogen-bond acceptors (Lipinski definition) is 4. The van der Waals surface area contributed by atoms with E-state index < -0.39 is 0 Å². The predicted octanol–water partition coefficient (Wildman–Crippen LogP) is 4.54. The van der Waals surface area contributed by atoms with E-state index in [-0.39, 0.29) is 0 Å². The van der Waals surface area contributed by atoms with Gasteiger partial charge in [-0.1, -0.05) is 15.9 Å². The molecular formula is C13H9BrN2OS. The largest absolute Gasteiger partial charge is 0.462 e. The summed E-state index contributed by atoms with van der Waals surface area (Å²) < 4.78 is 10.8. The Morgan fingerprint density at radius 3 is 2.89 bits per heavy atom. The molecule has 18 heavy (non-hydrogen) atoms. The Labute approximate surface area is 117 Å². The summed E-state index contributed by atoms with van der Waals surface area (Å²) in [4.78, 5) is 4.51. The number of benzene rings is 1. The van der Waals surface area contributed by atoms with Crippen molar-refractivity contribution in [1.29, 1.82) is 0 Å². The molecule has 0 spiro atoms. The molecule has 5 heteroatoms. The van der Waals surface area contributed by atoms with E-state index in [0.29, 0.717) is 0 Å². The van der Waals surface area contributed by atoms with E-state index in [4.69, 9.17) is 4.42 Å². The molecule has 0 fully saturated rings. The monoisotopic (exact) mass is 320 g/mol. The zero-order chi connectivity index (χ0) is 12.5. The molecule has 0 N–H and O–H groups in total. The van der Waals surface area contributed by atoms with E-state index in [1.165, 1.54) is 11.5 Å². The van der Waals surface area contributed by atoms with Crippen LogP contribution in [0.15, 0.2) is 45.5 Å². The number of rotatable bonds is 2. The highest BCUT2D eigenvalue weighted by atomic mass is 79.9. The van der Waals surface area contributed by atoms with Crippen molar-refractivity contribution in [1.82, 2.24) is 9.36 Å². The minimum Gasteiger partial charge on any atom is -0.462 e. The van der Waals surface area contributed by atoms with Crippen LogP contribution in [0.5, 0.6) is 0 Å². The molecular weight excluding hydrogens is 312 g/mol. The zero-order valence-corrected chi connectivity index (χ0v) is 12.0. The van der Waals surface area contributed by atoms with Gasteiger partial charge in [0.15, 0.2) is 16.6 Å². The Morgan fingerprint density at radius 2 is 2.17 bits per heavy atom. The second-order valence-corrected chi connectivity index (χ2v) is 5.53. The molecule has 2 aromatic heterocycles. The van der Waals surface area contributed by atoms with Crippen molar-refractivity contribution in [2.45, 2.75) is 6.92 Å². The van der Waals surface area contributed by atoms with Crippen LogP contribution in [0.1, 0.15) is 5.56 Å². The van der Waals surface area contributed by atoms with Crippen molar-refractivity contribution in [2.24, 2.45) is 0 Å². The second kappa shape index (κ2) is 4.66. The van der Waals surface area contributed by atoms with Gasteiger partial charge in [0.1, 0.15) is 0 Å². The van der Waals surface area contributed by atoms with Crippen LogP contribution in [0.3, 0.4) is 0 Å². The standard InChI is InChI=1S/C13H9BrN2OS/c1-8-7-9(14)4-5-10(8)12-15-13(18-16-12)11-3-2-6-17-11/h2-7H,1H3. The van der Waals surface area contributed by atoms with Crippen LogP contribution < -0.4 is 0 Å². The molecule has 3 rings (SSSR count).